The summed E-state index contributed by atoms with van der Waals surface area (Å²) < 4.78 is 0. The lowest BCUT2D eigenvalue weighted by Gasteiger charge is -2.21. The minimum Gasteiger partial charge on any atom is -0.291 e. The molecular formula is C15H18N2O2. The molecule has 1 aliphatic heterocycles. The van der Waals surface area contributed by atoms with Crippen LogP contribution in [0.4, 0.5) is 5.69 Å². The quantitative estimate of drug-likeness (QED) is 0.610. The average Bonchev–Trinajstić information content (AvgIpc) is 2.67. The zero-order chi connectivity index (χ0) is 14.0. The molecule has 1 aromatic rings. The first kappa shape index (κ1) is 13.5. The number of likely N-dealkylation sites (N-methyl/N-ethyl adjacent to an activating group) is 1. The van der Waals surface area contributed by atoms with Crippen LogP contribution in [-0.4, -0.2) is 36.3 Å². The van der Waals surface area contributed by atoms with Crippen LogP contribution in [0.2, 0.25) is 0 Å². The van der Waals surface area contributed by atoms with Crippen molar-refractivity contribution in [2.75, 3.05) is 18.5 Å². The minimum atomic E-state index is -0.383. The number of anilines is 1. The zero-order valence-electron chi connectivity index (χ0n) is 11.3. The van der Waals surface area contributed by atoms with Gasteiger partial charge >= 0.3 is 0 Å². The molecule has 1 aromatic carbocycles. The second-order valence-electron chi connectivity index (χ2n) is 4.85. The molecule has 4 nitrogen and oxygen atoms in total. The Hall–Kier alpha value is -1.94. The van der Waals surface area contributed by atoms with Gasteiger partial charge in [-0.2, -0.15) is 0 Å². The minimum absolute atomic E-state index is 0.144. The molecule has 4 heteroatoms. The smallest absolute Gasteiger partial charge is 0.251 e. The molecule has 100 valence electrons. The maximum atomic E-state index is 12.3. The number of amides is 2. The molecule has 19 heavy (non-hydrogen) atoms. The van der Waals surface area contributed by atoms with Gasteiger partial charge in [-0.05, 0) is 26.1 Å². The van der Waals surface area contributed by atoms with Crippen molar-refractivity contribution < 1.29 is 9.59 Å². The molecule has 0 unspecified atom stereocenters. The molecule has 0 radical (unpaired) electrons. The van der Waals surface area contributed by atoms with Gasteiger partial charge in [0.1, 0.15) is 0 Å². The van der Waals surface area contributed by atoms with E-state index >= 15 is 0 Å². The normalized spacial score (nSPS) is 19.3. The van der Waals surface area contributed by atoms with Crippen molar-refractivity contribution in [2.45, 2.75) is 19.4 Å². The summed E-state index contributed by atoms with van der Waals surface area (Å²) in [6, 6.07) is 7.03. The first-order valence-electron chi connectivity index (χ1n) is 6.29. The van der Waals surface area contributed by atoms with Crippen LogP contribution in [0.1, 0.15) is 12.0 Å². The highest BCUT2D eigenvalue weighted by Crippen LogP contribution is 2.25. The molecule has 0 aromatic heterocycles. The summed E-state index contributed by atoms with van der Waals surface area (Å²) in [4.78, 5) is 27.5. The molecule has 1 atom stereocenters. The van der Waals surface area contributed by atoms with Gasteiger partial charge in [0.2, 0.25) is 5.91 Å². The summed E-state index contributed by atoms with van der Waals surface area (Å²) in [5, 5.41) is 0. The summed E-state index contributed by atoms with van der Waals surface area (Å²) in [5.41, 5.74) is 1.75. The van der Waals surface area contributed by atoms with E-state index in [4.69, 9.17) is 0 Å². The number of carbonyl (C=O) groups is 2. The summed E-state index contributed by atoms with van der Waals surface area (Å²) in [6.45, 7) is 6.21. The second kappa shape index (κ2) is 5.36. The molecule has 0 spiro atoms. The van der Waals surface area contributed by atoms with Gasteiger partial charge in [-0.25, -0.2) is 4.90 Å². The van der Waals surface area contributed by atoms with E-state index in [-0.39, 0.29) is 24.3 Å². The Morgan fingerprint density at radius 2 is 2.00 bits per heavy atom. The predicted octanol–water partition coefficient (Wildman–Crippen LogP) is 1.74. The van der Waals surface area contributed by atoms with E-state index in [0.29, 0.717) is 12.2 Å². The third-order valence-electron chi connectivity index (χ3n) is 3.36. The van der Waals surface area contributed by atoms with Crippen molar-refractivity contribution >= 4 is 17.5 Å². The van der Waals surface area contributed by atoms with E-state index in [9.17, 15) is 9.59 Å². The first-order chi connectivity index (χ1) is 9.04. The van der Waals surface area contributed by atoms with Crippen molar-refractivity contribution in [3.05, 3.63) is 42.5 Å². The van der Waals surface area contributed by atoms with Gasteiger partial charge in [-0.3, -0.25) is 14.5 Å². The predicted molar refractivity (Wildman–Crippen MR) is 74.9 cm³/mol. The van der Waals surface area contributed by atoms with Crippen LogP contribution in [0.3, 0.4) is 0 Å². The fraction of sp³-hybridized carbons (Fsp3) is 0.333. The summed E-state index contributed by atoms with van der Waals surface area (Å²) >= 11 is 0. The van der Waals surface area contributed by atoms with Gasteiger partial charge in [0.05, 0.1) is 18.2 Å². The zero-order valence-corrected chi connectivity index (χ0v) is 11.3. The van der Waals surface area contributed by atoms with E-state index in [1.165, 1.54) is 4.90 Å². The molecule has 1 fully saturated rings. The highest BCUT2D eigenvalue weighted by atomic mass is 16.2. The van der Waals surface area contributed by atoms with E-state index in [1.807, 2.05) is 31.0 Å². The Morgan fingerprint density at radius 1 is 1.37 bits per heavy atom. The van der Waals surface area contributed by atoms with E-state index < -0.39 is 0 Å². The molecule has 2 rings (SSSR count). The van der Waals surface area contributed by atoms with Gasteiger partial charge in [0.25, 0.3) is 5.91 Å². The standard InChI is InChI=1S/C15H18N2O2/c1-4-9-16(3)13-10-14(18)17(15(13)19)12-7-5-11(2)6-8-12/h4-8,13H,1,9-10H2,2-3H3/t13-/m1/s1. The van der Waals surface area contributed by atoms with Crippen molar-refractivity contribution in [2.24, 2.45) is 0 Å². The van der Waals surface area contributed by atoms with Crippen LogP contribution >= 0.6 is 0 Å². The van der Waals surface area contributed by atoms with Gasteiger partial charge < -0.3 is 0 Å². The number of aryl methyl sites for hydroxylation is 1. The van der Waals surface area contributed by atoms with Crippen LogP contribution in [0.5, 0.6) is 0 Å². The lowest BCUT2D eigenvalue weighted by atomic mass is 10.2. The highest BCUT2D eigenvalue weighted by Gasteiger charge is 2.41. The number of rotatable bonds is 4. The van der Waals surface area contributed by atoms with Crippen LogP contribution in [-0.2, 0) is 9.59 Å². The van der Waals surface area contributed by atoms with Gasteiger partial charge in [-0.1, -0.05) is 23.8 Å². The van der Waals surface area contributed by atoms with E-state index in [2.05, 4.69) is 6.58 Å². The molecule has 0 saturated carbocycles. The number of nitrogens with zero attached hydrogens (tertiary/aromatic N) is 2. The number of carbonyl (C=O) groups excluding carboxylic acids is 2. The Morgan fingerprint density at radius 3 is 2.58 bits per heavy atom. The second-order valence-corrected chi connectivity index (χ2v) is 4.85. The molecule has 0 aliphatic carbocycles. The molecule has 1 saturated heterocycles. The van der Waals surface area contributed by atoms with Crippen molar-refractivity contribution in [1.82, 2.24) is 4.90 Å². The van der Waals surface area contributed by atoms with Gasteiger partial charge in [0.15, 0.2) is 0 Å². The Labute approximate surface area is 113 Å². The fourth-order valence-corrected chi connectivity index (χ4v) is 2.26. The molecule has 0 N–H and O–H groups in total. The molecule has 1 aliphatic rings. The summed E-state index contributed by atoms with van der Waals surface area (Å²) in [7, 11) is 1.83. The third kappa shape index (κ3) is 2.58. The third-order valence-corrected chi connectivity index (χ3v) is 3.36. The molecule has 0 bridgehead atoms. The van der Waals surface area contributed by atoms with Gasteiger partial charge in [-0.15, -0.1) is 6.58 Å². The van der Waals surface area contributed by atoms with Crippen LogP contribution in [0.15, 0.2) is 36.9 Å². The lowest BCUT2D eigenvalue weighted by Crippen LogP contribution is -2.40. The largest absolute Gasteiger partial charge is 0.291 e. The summed E-state index contributed by atoms with van der Waals surface area (Å²) in [5.74, 6) is -0.298. The summed E-state index contributed by atoms with van der Waals surface area (Å²) in [6.07, 6.45) is 1.96. The van der Waals surface area contributed by atoms with Crippen molar-refractivity contribution in [1.29, 1.82) is 0 Å². The maximum Gasteiger partial charge on any atom is 0.251 e. The highest BCUT2D eigenvalue weighted by molar-refractivity contribution is 6.22. The fourth-order valence-electron chi connectivity index (χ4n) is 2.26. The molecule has 2 amide bonds. The number of hydrogen-bond acceptors (Lipinski definition) is 3. The number of hydrogen-bond donors (Lipinski definition) is 0. The molecule has 1 heterocycles. The lowest BCUT2D eigenvalue weighted by molar-refractivity contribution is -0.122. The SMILES string of the molecule is C=CCN(C)[C@@H]1CC(=O)N(c2ccc(C)cc2)C1=O. The topological polar surface area (TPSA) is 40.6 Å². The number of imide groups is 1. The van der Waals surface area contributed by atoms with Gasteiger partial charge in [0, 0.05) is 6.54 Å². The number of benzene rings is 1. The monoisotopic (exact) mass is 258 g/mol. The van der Waals surface area contributed by atoms with Crippen LogP contribution in [0.25, 0.3) is 0 Å². The van der Waals surface area contributed by atoms with Crippen LogP contribution < -0.4 is 4.90 Å². The van der Waals surface area contributed by atoms with E-state index in [1.54, 1.807) is 18.2 Å². The Bertz CT molecular complexity index is 507. The van der Waals surface area contributed by atoms with Crippen molar-refractivity contribution in [3.8, 4) is 0 Å². The molecular weight excluding hydrogens is 240 g/mol. The van der Waals surface area contributed by atoms with Crippen molar-refractivity contribution in [3.63, 3.8) is 0 Å². The Balaban J connectivity index is 2.23. The van der Waals surface area contributed by atoms with E-state index in [0.717, 1.165) is 5.56 Å². The Kier molecular flexibility index (Phi) is 3.81. The maximum absolute atomic E-state index is 12.3. The average molecular weight is 258 g/mol. The van der Waals surface area contributed by atoms with Crippen LogP contribution in [0, 0.1) is 6.92 Å². The first-order valence-corrected chi connectivity index (χ1v) is 6.29.